The van der Waals surface area contributed by atoms with Crippen molar-refractivity contribution in [2.24, 2.45) is 17.6 Å². The number of likely N-dealkylation sites (tertiary alicyclic amines) is 1. The summed E-state index contributed by atoms with van der Waals surface area (Å²) in [7, 11) is 0. The van der Waals surface area contributed by atoms with Crippen molar-refractivity contribution in [1.29, 1.82) is 0 Å². The van der Waals surface area contributed by atoms with Crippen molar-refractivity contribution in [2.45, 2.75) is 38.6 Å². The fourth-order valence-electron chi connectivity index (χ4n) is 3.75. The van der Waals surface area contributed by atoms with E-state index in [2.05, 4.69) is 4.90 Å². The van der Waals surface area contributed by atoms with Crippen LogP contribution in [0, 0.1) is 11.8 Å². The highest BCUT2D eigenvalue weighted by Crippen LogP contribution is 2.36. The Morgan fingerprint density at radius 1 is 1.10 bits per heavy atom. The lowest BCUT2D eigenvalue weighted by atomic mass is 9.75. The van der Waals surface area contributed by atoms with Crippen molar-refractivity contribution in [2.75, 3.05) is 13.1 Å². The number of nitrogens with two attached hydrogens (primary N) is 1. The lowest BCUT2D eigenvalue weighted by Crippen LogP contribution is -2.44. The summed E-state index contributed by atoms with van der Waals surface area (Å²) in [5, 5.41) is 0. The Hall–Kier alpha value is -1.35. The van der Waals surface area contributed by atoms with Crippen LogP contribution in [0.4, 0.5) is 0 Å². The molecule has 1 aromatic carbocycles. The Bertz CT molecular complexity index is 468. The largest absolute Gasteiger partial charge is 0.338 e. The van der Waals surface area contributed by atoms with Crippen LogP contribution in [0.1, 0.15) is 48.0 Å². The van der Waals surface area contributed by atoms with E-state index < -0.39 is 0 Å². The first-order valence-corrected chi connectivity index (χ1v) is 7.86. The van der Waals surface area contributed by atoms with Gasteiger partial charge in [-0.15, -0.1) is 0 Å². The average Bonchev–Trinajstić information content (AvgIpc) is 2.54. The van der Waals surface area contributed by atoms with Gasteiger partial charge in [0.05, 0.1) is 0 Å². The number of hydrogen-bond acceptors (Lipinski definition) is 2. The van der Waals surface area contributed by atoms with Crippen LogP contribution in [0.5, 0.6) is 0 Å². The van der Waals surface area contributed by atoms with Crippen molar-refractivity contribution < 1.29 is 4.79 Å². The van der Waals surface area contributed by atoms with Crippen LogP contribution in [0.25, 0.3) is 0 Å². The third-order valence-corrected chi connectivity index (χ3v) is 5.02. The number of piperidine rings is 1. The Kier molecular flexibility index (Phi) is 4.06. The molecule has 1 saturated carbocycles. The number of hydrogen-bond donors (Lipinski definition) is 1. The van der Waals surface area contributed by atoms with E-state index in [4.69, 9.17) is 5.73 Å². The minimum atomic E-state index is 0.192. The van der Waals surface area contributed by atoms with Crippen molar-refractivity contribution >= 4 is 5.91 Å². The summed E-state index contributed by atoms with van der Waals surface area (Å²) >= 11 is 0. The van der Waals surface area contributed by atoms with E-state index in [-0.39, 0.29) is 5.91 Å². The molecule has 1 aliphatic carbocycles. The zero-order valence-corrected chi connectivity index (χ0v) is 12.1. The van der Waals surface area contributed by atoms with Crippen LogP contribution in [-0.4, -0.2) is 23.9 Å². The summed E-state index contributed by atoms with van der Waals surface area (Å²) < 4.78 is 0. The lowest BCUT2D eigenvalue weighted by Gasteiger charge is -2.41. The second-order valence-electron chi connectivity index (χ2n) is 6.25. The molecule has 1 aromatic rings. The molecule has 2 aliphatic rings. The molecule has 1 heterocycles. The van der Waals surface area contributed by atoms with E-state index in [1.807, 2.05) is 24.3 Å². The predicted molar refractivity (Wildman–Crippen MR) is 80.3 cm³/mol. The third kappa shape index (κ3) is 2.73. The maximum atomic E-state index is 12.6. The normalized spacial score (nSPS) is 26.1. The van der Waals surface area contributed by atoms with Gasteiger partial charge in [0.15, 0.2) is 0 Å². The summed E-state index contributed by atoms with van der Waals surface area (Å²) in [6, 6.07) is 7.75. The summed E-state index contributed by atoms with van der Waals surface area (Å²) in [6.07, 6.45) is 6.60. The van der Waals surface area contributed by atoms with E-state index in [1.165, 1.54) is 32.1 Å². The highest BCUT2D eigenvalue weighted by molar-refractivity contribution is 5.94. The van der Waals surface area contributed by atoms with Gasteiger partial charge in [-0.1, -0.05) is 31.4 Å². The Balaban J connectivity index is 1.67. The van der Waals surface area contributed by atoms with E-state index in [9.17, 15) is 4.79 Å². The van der Waals surface area contributed by atoms with Crippen molar-refractivity contribution in [1.82, 2.24) is 4.90 Å². The molecule has 0 bridgehead atoms. The lowest BCUT2D eigenvalue weighted by molar-refractivity contribution is 0.0521. The topological polar surface area (TPSA) is 46.3 Å². The molecule has 1 amide bonds. The summed E-state index contributed by atoms with van der Waals surface area (Å²) in [5.74, 6) is 1.80. The van der Waals surface area contributed by atoms with Gasteiger partial charge in [0.1, 0.15) is 0 Å². The minimum absolute atomic E-state index is 0.192. The number of amides is 1. The van der Waals surface area contributed by atoms with Crippen LogP contribution in [-0.2, 0) is 6.54 Å². The first-order valence-electron chi connectivity index (χ1n) is 7.86. The molecular weight excluding hydrogens is 248 g/mol. The van der Waals surface area contributed by atoms with E-state index in [1.54, 1.807) is 0 Å². The molecule has 3 nitrogen and oxygen atoms in total. The van der Waals surface area contributed by atoms with Crippen LogP contribution in [0.2, 0.25) is 0 Å². The maximum absolute atomic E-state index is 12.6. The van der Waals surface area contributed by atoms with Gasteiger partial charge in [-0.05, 0) is 42.4 Å². The van der Waals surface area contributed by atoms with E-state index in [0.29, 0.717) is 6.54 Å². The second-order valence-corrected chi connectivity index (χ2v) is 6.25. The summed E-state index contributed by atoms with van der Waals surface area (Å²) in [6.45, 7) is 2.42. The fraction of sp³-hybridized carbons (Fsp3) is 0.588. The van der Waals surface area contributed by atoms with Crippen LogP contribution >= 0.6 is 0 Å². The van der Waals surface area contributed by atoms with Gasteiger partial charge < -0.3 is 10.6 Å². The molecule has 20 heavy (non-hydrogen) atoms. The minimum Gasteiger partial charge on any atom is -0.338 e. The number of nitrogens with zero attached hydrogens (tertiary/aromatic N) is 1. The van der Waals surface area contributed by atoms with Crippen LogP contribution in [0.15, 0.2) is 24.3 Å². The summed E-state index contributed by atoms with van der Waals surface area (Å²) in [5.41, 5.74) is 7.48. The first-order chi connectivity index (χ1) is 9.78. The molecule has 2 N–H and O–H groups in total. The zero-order valence-electron chi connectivity index (χ0n) is 12.1. The number of carbonyl (C=O) groups excluding carboxylic acids is 1. The molecule has 0 radical (unpaired) electrons. The molecule has 0 aromatic heterocycles. The fourth-order valence-corrected chi connectivity index (χ4v) is 3.75. The highest BCUT2D eigenvalue weighted by Gasteiger charge is 2.33. The second kappa shape index (κ2) is 5.96. The van der Waals surface area contributed by atoms with Gasteiger partial charge in [-0.2, -0.15) is 0 Å². The molecule has 2 unspecified atom stereocenters. The molecule has 2 fully saturated rings. The number of carbonyl (C=O) groups is 1. The van der Waals surface area contributed by atoms with Crippen molar-refractivity contribution in [3.05, 3.63) is 35.4 Å². The quantitative estimate of drug-likeness (QED) is 0.900. The molecule has 108 valence electrons. The van der Waals surface area contributed by atoms with Gasteiger partial charge in [0.2, 0.25) is 0 Å². The molecule has 3 heteroatoms. The molecule has 0 spiro atoms. The number of benzene rings is 1. The van der Waals surface area contributed by atoms with Gasteiger partial charge in [-0.3, -0.25) is 4.79 Å². The molecular formula is C17H24N2O. The van der Waals surface area contributed by atoms with Crippen molar-refractivity contribution in [3.63, 3.8) is 0 Å². The average molecular weight is 272 g/mol. The Morgan fingerprint density at radius 3 is 2.50 bits per heavy atom. The van der Waals surface area contributed by atoms with Crippen LogP contribution in [0.3, 0.4) is 0 Å². The van der Waals surface area contributed by atoms with Gasteiger partial charge >= 0.3 is 0 Å². The van der Waals surface area contributed by atoms with E-state index >= 15 is 0 Å². The predicted octanol–water partition coefficient (Wildman–Crippen LogP) is 2.80. The number of rotatable bonds is 2. The van der Waals surface area contributed by atoms with Crippen LogP contribution < -0.4 is 5.73 Å². The van der Waals surface area contributed by atoms with Crippen molar-refractivity contribution in [3.8, 4) is 0 Å². The first kappa shape index (κ1) is 13.6. The Morgan fingerprint density at radius 2 is 1.80 bits per heavy atom. The maximum Gasteiger partial charge on any atom is 0.253 e. The summed E-state index contributed by atoms with van der Waals surface area (Å²) in [4.78, 5) is 14.6. The van der Waals surface area contributed by atoms with E-state index in [0.717, 1.165) is 36.1 Å². The smallest absolute Gasteiger partial charge is 0.253 e. The Labute approximate surface area is 121 Å². The zero-order chi connectivity index (χ0) is 13.9. The molecule has 3 rings (SSSR count). The molecule has 1 aliphatic heterocycles. The van der Waals surface area contributed by atoms with Gasteiger partial charge in [0, 0.05) is 25.2 Å². The monoisotopic (exact) mass is 272 g/mol. The third-order valence-electron chi connectivity index (χ3n) is 5.02. The van der Waals surface area contributed by atoms with Gasteiger partial charge in [-0.25, -0.2) is 0 Å². The SMILES string of the molecule is NCc1ccc(C(=O)N2CCC3CCCCC3C2)cc1. The highest BCUT2D eigenvalue weighted by atomic mass is 16.2. The number of fused-ring (bicyclic) bond motifs is 1. The van der Waals surface area contributed by atoms with Gasteiger partial charge in [0.25, 0.3) is 5.91 Å². The molecule has 2 atom stereocenters. The molecule has 1 saturated heterocycles. The standard InChI is InChI=1S/C17H24N2O/c18-11-13-5-7-15(8-6-13)17(20)19-10-9-14-3-1-2-4-16(14)12-19/h5-8,14,16H,1-4,9-12,18H2.